The summed E-state index contributed by atoms with van der Waals surface area (Å²) < 4.78 is 21.8. The number of halogens is 1. The van der Waals surface area contributed by atoms with Crippen LogP contribution in [0.25, 0.3) is 11.1 Å². The van der Waals surface area contributed by atoms with Crippen molar-refractivity contribution in [1.82, 2.24) is 4.98 Å². The van der Waals surface area contributed by atoms with E-state index in [0.29, 0.717) is 21.9 Å². The molecule has 0 aliphatic rings. The fourth-order valence-electron chi connectivity index (χ4n) is 2.17. The highest BCUT2D eigenvalue weighted by Gasteiger charge is 2.22. The van der Waals surface area contributed by atoms with Crippen LogP contribution in [0.5, 0.6) is 11.8 Å². The van der Waals surface area contributed by atoms with Crippen LogP contribution in [0.15, 0.2) is 52.9 Å². The van der Waals surface area contributed by atoms with E-state index in [-0.39, 0.29) is 19.1 Å². The van der Waals surface area contributed by atoms with E-state index in [1.807, 2.05) is 18.2 Å². The van der Waals surface area contributed by atoms with Gasteiger partial charge in [-0.1, -0.05) is 35.9 Å². The first-order valence-electron chi connectivity index (χ1n) is 7.74. The normalized spacial score (nSPS) is 11.9. The SMILES string of the molecule is CCOC(=O)CC(Oc1ccccc1)Oc1nc2cccc(Cl)c2o1. The van der Waals surface area contributed by atoms with E-state index in [1.165, 1.54) is 0 Å². The molecule has 1 heterocycles. The first-order chi connectivity index (χ1) is 12.2. The monoisotopic (exact) mass is 361 g/mol. The smallest absolute Gasteiger partial charge is 0.397 e. The number of oxazole rings is 1. The van der Waals surface area contributed by atoms with Gasteiger partial charge in [0, 0.05) is 0 Å². The summed E-state index contributed by atoms with van der Waals surface area (Å²) in [7, 11) is 0. The van der Waals surface area contributed by atoms with Crippen molar-refractivity contribution in [1.29, 1.82) is 0 Å². The first kappa shape index (κ1) is 17.1. The van der Waals surface area contributed by atoms with Crippen LogP contribution < -0.4 is 9.47 Å². The van der Waals surface area contributed by atoms with Crippen molar-refractivity contribution in [3.05, 3.63) is 53.6 Å². The molecule has 130 valence electrons. The van der Waals surface area contributed by atoms with Crippen LogP contribution in [0.4, 0.5) is 0 Å². The highest BCUT2D eigenvalue weighted by molar-refractivity contribution is 6.34. The predicted octanol–water partition coefficient (Wildman–Crippen LogP) is 4.22. The van der Waals surface area contributed by atoms with Gasteiger partial charge >= 0.3 is 12.0 Å². The van der Waals surface area contributed by atoms with Gasteiger partial charge in [-0.3, -0.25) is 4.79 Å². The highest BCUT2D eigenvalue weighted by Crippen LogP contribution is 2.28. The maximum Gasteiger partial charge on any atom is 0.397 e. The van der Waals surface area contributed by atoms with Gasteiger partial charge in [-0.15, -0.1) is 0 Å². The molecule has 0 bridgehead atoms. The number of fused-ring (bicyclic) bond motifs is 1. The number of nitrogens with zero attached hydrogens (tertiary/aromatic N) is 1. The Labute approximate surface area is 149 Å². The van der Waals surface area contributed by atoms with Gasteiger partial charge in [0.1, 0.15) is 17.7 Å². The molecule has 6 nitrogen and oxygen atoms in total. The number of ether oxygens (including phenoxy) is 3. The molecule has 3 aromatic rings. The lowest BCUT2D eigenvalue weighted by Gasteiger charge is -2.17. The van der Waals surface area contributed by atoms with Gasteiger partial charge in [0.25, 0.3) is 6.29 Å². The van der Waals surface area contributed by atoms with E-state index in [1.54, 1.807) is 37.3 Å². The lowest BCUT2D eigenvalue weighted by atomic mass is 10.3. The Morgan fingerprint density at radius 2 is 1.96 bits per heavy atom. The van der Waals surface area contributed by atoms with Crippen molar-refractivity contribution in [3.8, 4) is 11.8 Å². The number of esters is 1. The van der Waals surface area contributed by atoms with Crippen molar-refractivity contribution in [3.63, 3.8) is 0 Å². The van der Waals surface area contributed by atoms with Gasteiger partial charge in [0.05, 0.1) is 11.6 Å². The van der Waals surface area contributed by atoms with E-state index in [0.717, 1.165) is 0 Å². The number of rotatable bonds is 7. The summed E-state index contributed by atoms with van der Waals surface area (Å²) in [5.41, 5.74) is 0.964. The lowest BCUT2D eigenvalue weighted by Crippen LogP contribution is -2.28. The Morgan fingerprint density at radius 1 is 1.16 bits per heavy atom. The Bertz CT molecular complexity index is 849. The third-order valence-electron chi connectivity index (χ3n) is 3.23. The third kappa shape index (κ3) is 4.42. The molecular weight excluding hydrogens is 346 g/mol. The van der Waals surface area contributed by atoms with Crippen LogP contribution in [0.1, 0.15) is 13.3 Å². The standard InChI is InChI=1S/C18H16ClNO5/c1-2-22-15(21)11-16(23-12-7-4-3-5-8-12)24-18-20-14-10-6-9-13(19)17(14)25-18/h3-10,16H,2,11H2,1H3. The van der Waals surface area contributed by atoms with E-state index in [9.17, 15) is 4.79 Å². The molecule has 0 saturated carbocycles. The summed E-state index contributed by atoms with van der Waals surface area (Å²) in [6.45, 7) is 2.00. The molecule has 0 radical (unpaired) electrons. The van der Waals surface area contributed by atoms with Crippen LogP contribution >= 0.6 is 11.6 Å². The maximum atomic E-state index is 11.8. The lowest BCUT2D eigenvalue weighted by molar-refractivity contribution is -0.149. The van der Waals surface area contributed by atoms with Crippen molar-refractivity contribution >= 4 is 28.7 Å². The molecule has 7 heteroatoms. The molecule has 3 rings (SSSR count). The molecule has 0 fully saturated rings. The molecular formula is C18H16ClNO5. The topological polar surface area (TPSA) is 70.8 Å². The van der Waals surface area contributed by atoms with E-state index < -0.39 is 12.3 Å². The Balaban J connectivity index is 1.79. The Morgan fingerprint density at radius 3 is 2.68 bits per heavy atom. The van der Waals surface area contributed by atoms with Crippen LogP contribution in [0.2, 0.25) is 5.02 Å². The van der Waals surface area contributed by atoms with E-state index in [4.69, 9.17) is 30.2 Å². The zero-order valence-electron chi connectivity index (χ0n) is 13.5. The average molecular weight is 362 g/mol. The second kappa shape index (κ2) is 7.90. The molecule has 0 N–H and O–H groups in total. The van der Waals surface area contributed by atoms with Gasteiger partial charge in [-0.25, -0.2) is 0 Å². The minimum Gasteiger partial charge on any atom is -0.466 e. The summed E-state index contributed by atoms with van der Waals surface area (Å²) in [4.78, 5) is 16.0. The Kier molecular flexibility index (Phi) is 5.40. The number of aromatic nitrogens is 1. The van der Waals surface area contributed by atoms with Gasteiger partial charge < -0.3 is 18.6 Å². The minimum atomic E-state index is -0.951. The van der Waals surface area contributed by atoms with E-state index in [2.05, 4.69) is 4.98 Å². The van der Waals surface area contributed by atoms with Crippen LogP contribution in [0.3, 0.4) is 0 Å². The number of benzene rings is 2. The number of hydrogen-bond donors (Lipinski definition) is 0. The fraction of sp³-hybridized carbons (Fsp3) is 0.222. The molecule has 1 aromatic heterocycles. The summed E-state index contributed by atoms with van der Waals surface area (Å²) in [5.74, 6) is 0.100. The van der Waals surface area contributed by atoms with Gasteiger partial charge in [-0.2, -0.15) is 4.98 Å². The molecule has 0 spiro atoms. The molecule has 0 amide bonds. The van der Waals surface area contributed by atoms with Crippen molar-refractivity contribution < 1.29 is 23.4 Å². The molecule has 1 atom stereocenters. The third-order valence-corrected chi connectivity index (χ3v) is 3.53. The number of hydrogen-bond acceptors (Lipinski definition) is 6. The average Bonchev–Trinajstić information content (AvgIpc) is 3.00. The molecule has 0 aliphatic heterocycles. The fourth-order valence-corrected chi connectivity index (χ4v) is 2.38. The number of carbonyl (C=O) groups is 1. The summed E-state index contributed by atoms with van der Waals surface area (Å²) in [6, 6.07) is 14.2. The van der Waals surface area contributed by atoms with Crippen LogP contribution in [-0.4, -0.2) is 23.9 Å². The molecule has 0 aliphatic carbocycles. The first-order valence-corrected chi connectivity index (χ1v) is 8.12. The zero-order valence-corrected chi connectivity index (χ0v) is 14.2. The summed E-state index contributed by atoms with van der Waals surface area (Å²) >= 11 is 6.07. The zero-order chi connectivity index (χ0) is 17.6. The minimum absolute atomic E-state index is 0.0340. The van der Waals surface area contributed by atoms with Crippen molar-refractivity contribution in [2.24, 2.45) is 0 Å². The second-order valence-corrected chi connectivity index (χ2v) is 5.46. The summed E-state index contributed by atoms with van der Waals surface area (Å²) in [6.07, 6.45) is -1.10. The predicted molar refractivity (Wildman–Crippen MR) is 91.8 cm³/mol. The van der Waals surface area contributed by atoms with Gasteiger partial charge in [-0.05, 0) is 31.2 Å². The summed E-state index contributed by atoms with van der Waals surface area (Å²) in [5, 5.41) is 0.422. The van der Waals surface area contributed by atoms with Crippen molar-refractivity contribution in [2.75, 3.05) is 6.61 Å². The molecule has 1 unspecified atom stereocenters. The molecule has 2 aromatic carbocycles. The highest BCUT2D eigenvalue weighted by atomic mass is 35.5. The van der Waals surface area contributed by atoms with Crippen LogP contribution in [0, 0.1) is 0 Å². The number of para-hydroxylation sites is 2. The second-order valence-electron chi connectivity index (χ2n) is 5.06. The van der Waals surface area contributed by atoms with Gasteiger partial charge in [0.2, 0.25) is 0 Å². The maximum absolute atomic E-state index is 11.8. The van der Waals surface area contributed by atoms with E-state index >= 15 is 0 Å². The van der Waals surface area contributed by atoms with Gasteiger partial charge in [0.15, 0.2) is 5.58 Å². The largest absolute Gasteiger partial charge is 0.466 e. The van der Waals surface area contributed by atoms with Crippen LogP contribution in [-0.2, 0) is 9.53 Å². The quantitative estimate of drug-likeness (QED) is 0.463. The van der Waals surface area contributed by atoms with Crippen molar-refractivity contribution in [2.45, 2.75) is 19.6 Å². The molecule has 0 saturated heterocycles. The number of carbonyl (C=O) groups excluding carboxylic acids is 1. The Hall–Kier alpha value is -2.73. The molecule has 25 heavy (non-hydrogen) atoms.